The summed E-state index contributed by atoms with van der Waals surface area (Å²) < 4.78 is 11.0. The minimum Gasteiger partial charge on any atom is -0.493 e. The molecule has 1 fully saturated rings. The van der Waals surface area contributed by atoms with Crippen molar-refractivity contribution in [2.24, 2.45) is 5.92 Å². The first-order valence-electron chi connectivity index (χ1n) is 8.76. The number of amides is 1. The highest BCUT2D eigenvalue weighted by Crippen LogP contribution is 2.30. The fraction of sp³-hybridized carbons (Fsp3) is 0.579. The molecule has 1 aliphatic rings. The van der Waals surface area contributed by atoms with Crippen molar-refractivity contribution in [3.8, 4) is 11.5 Å². The molecule has 6 heteroatoms. The molecule has 1 heterocycles. The Bertz CT molecular complexity index is 614. The lowest BCUT2D eigenvalue weighted by Gasteiger charge is -2.32. The number of carboxylic acids is 1. The van der Waals surface area contributed by atoms with Crippen LogP contribution in [0.5, 0.6) is 11.5 Å². The number of aliphatic carboxylic acids is 1. The molecule has 0 saturated carbocycles. The van der Waals surface area contributed by atoms with Crippen molar-refractivity contribution in [3.63, 3.8) is 0 Å². The van der Waals surface area contributed by atoms with Crippen LogP contribution >= 0.6 is 0 Å². The van der Waals surface area contributed by atoms with Crippen LogP contribution in [0.2, 0.25) is 0 Å². The van der Waals surface area contributed by atoms with Crippen molar-refractivity contribution < 1.29 is 24.2 Å². The zero-order valence-electron chi connectivity index (χ0n) is 15.2. The molecule has 0 spiro atoms. The van der Waals surface area contributed by atoms with Crippen LogP contribution in [0.25, 0.3) is 0 Å². The smallest absolute Gasteiger partial charge is 0.303 e. The average molecular weight is 349 g/mol. The number of hydrogen-bond donors (Lipinski definition) is 1. The number of nitrogens with zero attached hydrogens (tertiary/aromatic N) is 1. The van der Waals surface area contributed by atoms with Crippen LogP contribution in [-0.2, 0) is 4.79 Å². The molecule has 25 heavy (non-hydrogen) atoms. The van der Waals surface area contributed by atoms with E-state index in [2.05, 4.69) is 0 Å². The monoisotopic (exact) mass is 349 g/mol. The Morgan fingerprint density at radius 2 is 2.08 bits per heavy atom. The first kappa shape index (κ1) is 19.1. The van der Waals surface area contributed by atoms with Crippen LogP contribution < -0.4 is 9.47 Å². The van der Waals surface area contributed by atoms with Gasteiger partial charge in [0.05, 0.1) is 13.2 Å². The van der Waals surface area contributed by atoms with Gasteiger partial charge in [-0.3, -0.25) is 9.59 Å². The van der Waals surface area contributed by atoms with Crippen LogP contribution in [0.15, 0.2) is 18.2 Å². The maximum atomic E-state index is 12.8. The normalized spacial score (nSPS) is 17.4. The van der Waals surface area contributed by atoms with Gasteiger partial charge in [-0.1, -0.05) is 0 Å². The number of piperidine rings is 1. The van der Waals surface area contributed by atoms with Crippen LogP contribution in [0.1, 0.15) is 49.9 Å². The largest absolute Gasteiger partial charge is 0.493 e. The third-order valence-electron chi connectivity index (χ3n) is 4.35. The molecular weight excluding hydrogens is 322 g/mol. The lowest BCUT2D eigenvalue weighted by atomic mass is 9.93. The molecule has 1 N–H and O–H groups in total. The maximum Gasteiger partial charge on any atom is 0.303 e. The predicted octanol–water partition coefficient (Wildman–Crippen LogP) is 3.20. The van der Waals surface area contributed by atoms with Crippen molar-refractivity contribution in [2.45, 2.75) is 45.6 Å². The van der Waals surface area contributed by atoms with Crippen LogP contribution in [0, 0.1) is 5.92 Å². The van der Waals surface area contributed by atoms with Gasteiger partial charge in [0, 0.05) is 25.1 Å². The summed E-state index contributed by atoms with van der Waals surface area (Å²) >= 11 is 0. The maximum absolute atomic E-state index is 12.8. The summed E-state index contributed by atoms with van der Waals surface area (Å²) in [7, 11) is 1.56. The number of hydrogen-bond acceptors (Lipinski definition) is 4. The molecule has 0 aromatic heterocycles. The van der Waals surface area contributed by atoms with Gasteiger partial charge in [-0.2, -0.15) is 0 Å². The molecule has 0 bridgehead atoms. The Kier molecular flexibility index (Phi) is 6.67. The van der Waals surface area contributed by atoms with Gasteiger partial charge in [0.25, 0.3) is 5.91 Å². The second kappa shape index (κ2) is 8.74. The van der Waals surface area contributed by atoms with Gasteiger partial charge >= 0.3 is 5.97 Å². The van der Waals surface area contributed by atoms with Crippen molar-refractivity contribution in [1.29, 1.82) is 0 Å². The second-order valence-electron chi connectivity index (χ2n) is 6.72. The van der Waals surface area contributed by atoms with Crippen molar-refractivity contribution in [3.05, 3.63) is 23.8 Å². The standard InChI is InChI=1S/C19H27NO5/c1-13(2)25-16-8-7-15(11-17(16)24-3)19(23)20-10-4-5-14(12-20)6-9-18(21)22/h7-8,11,13-14H,4-6,9-10,12H2,1-3H3,(H,21,22). The van der Waals surface area contributed by atoms with Crippen molar-refractivity contribution >= 4 is 11.9 Å². The van der Waals surface area contributed by atoms with Crippen LogP contribution in [0.4, 0.5) is 0 Å². The Morgan fingerprint density at radius 3 is 2.72 bits per heavy atom. The molecular formula is C19H27NO5. The number of benzene rings is 1. The Labute approximate surface area is 148 Å². The molecule has 138 valence electrons. The van der Waals surface area contributed by atoms with Gasteiger partial charge < -0.3 is 19.5 Å². The first-order chi connectivity index (χ1) is 11.9. The molecule has 1 aromatic carbocycles. The number of likely N-dealkylation sites (tertiary alicyclic amines) is 1. The summed E-state index contributed by atoms with van der Waals surface area (Å²) in [5.74, 6) is 0.577. The number of ether oxygens (including phenoxy) is 2. The number of carboxylic acid groups (broad SMARTS) is 1. The van der Waals surface area contributed by atoms with E-state index in [9.17, 15) is 9.59 Å². The molecule has 1 saturated heterocycles. The van der Waals surface area contributed by atoms with E-state index in [1.807, 2.05) is 18.7 Å². The van der Waals surface area contributed by atoms with Gasteiger partial charge in [0.2, 0.25) is 0 Å². The predicted molar refractivity (Wildman–Crippen MR) is 94.3 cm³/mol. The summed E-state index contributed by atoms with van der Waals surface area (Å²) in [4.78, 5) is 25.4. The fourth-order valence-corrected chi connectivity index (χ4v) is 3.15. The minimum absolute atomic E-state index is 0.0209. The molecule has 0 radical (unpaired) electrons. The summed E-state index contributed by atoms with van der Waals surface area (Å²) in [6.07, 6.45) is 2.67. The van der Waals surface area contributed by atoms with Crippen LogP contribution in [-0.4, -0.2) is 48.2 Å². The quantitative estimate of drug-likeness (QED) is 0.818. The molecule has 1 aliphatic heterocycles. The molecule has 2 rings (SSSR count). The van der Waals surface area contributed by atoms with Gasteiger partial charge in [-0.15, -0.1) is 0 Å². The zero-order chi connectivity index (χ0) is 18.4. The van der Waals surface area contributed by atoms with E-state index in [1.165, 1.54) is 0 Å². The highest BCUT2D eigenvalue weighted by Gasteiger charge is 2.25. The molecule has 1 amide bonds. The minimum atomic E-state index is -0.783. The fourth-order valence-electron chi connectivity index (χ4n) is 3.15. The Hall–Kier alpha value is -2.24. The highest BCUT2D eigenvalue weighted by molar-refractivity contribution is 5.95. The molecule has 6 nitrogen and oxygen atoms in total. The molecule has 1 aromatic rings. The molecule has 1 atom stereocenters. The van der Waals surface area contributed by atoms with Crippen molar-refractivity contribution in [2.75, 3.05) is 20.2 Å². The summed E-state index contributed by atoms with van der Waals surface area (Å²) in [6, 6.07) is 5.22. The lowest BCUT2D eigenvalue weighted by molar-refractivity contribution is -0.137. The summed E-state index contributed by atoms with van der Waals surface area (Å²) in [5.41, 5.74) is 0.562. The molecule has 1 unspecified atom stereocenters. The van der Waals surface area contributed by atoms with E-state index in [0.717, 1.165) is 12.8 Å². The third kappa shape index (κ3) is 5.37. The third-order valence-corrected chi connectivity index (χ3v) is 4.35. The molecule has 0 aliphatic carbocycles. The van der Waals surface area contributed by atoms with E-state index < -0.39 is 5.97 Å². The Morgan fingerprint density at radius 1 is 1.32 bits per heavy atom. The zero-order valence-corrected chi connectivity index (χ0v) is 15.2. The van der Waals surface area contributed by atoms with E-state index in [4.69, 9.17) is 14.6 Å². The lowest BCUT2D eigenvalue weighted by Crippen LogP contribution is -2.40. The second-order valence-corrected chi connectivity index (χ2v) is 6.72. The summed E-state index contributed by atoms with van der Waals surface area (Å²) in [6.45, 7) is 5.18. The van der Waals surface area contributed by atoms with E-state index in [0.29, 0.717) is 36.6 Å². The number of carbonyl (C=O) groups is 2. The SMILES string of the molecule is COc1cc(C(=O)N2CCCC(CCC(=O)O)C2)ccc1OC(C)C. The van der Waals surface area contributed by atoms with Crippen LogP contribution in [0.3, 0.4) is 0 Å². The number of methoxy groups -OCH3 is 1. The van der Waals surface area contributed by atoms with Gasteiger partial charge in [-0.25, -0.2) is 0 Å². The van der Waals surface area contributed by atoms with E-state index in [1.54, 1.807) is 25.3 Å². The Balaban J connectivity index is 2.07. The summed E-state index contributed by atoms with van der Waals surface area (Å²) in [5, 5.41) is 8.84. The topological polar surface area (TPSA) is 76.1 Å². The van der Waals surface area contributed by atoms with E-state index in [-0.39, 0.29) is 24.3 Å². The van der Waals surface area contributed by atoms with E-state index >= 15 is 0 Å². The number of rotatable bonds is 7. The number of carbonyl (C=O) groups excluding carboxylic acids is 1. The average Bonchev–Trinajstić information content (AvgIpc) is 2.59. The van der Waals surface area contributed by atoms with Gasteiger partial charge in [0.1, 0.15) is 0 Å². The van der Waals surface area contributed by atoms with Crippen molar-refractivity contribution in [1.82, 2.24) is 4.90 Å². The highest BCUT2D eigenvalue weighted by atomic mass is 16.5. The first-order valence-corrected chi connectivity index (χ1v) is 8.76. The van der Waals surface area contributed by atoms with Gasteiger partial charge in [0.15, 0.2) is 11.5 Å². The van der Waals surface area contributed by atoms with Gasteiger partial charge in [-0.05, 0) is 57.2 Å².